The van der Waals surface area contributed by atoms with Gasteiger partial charge in [-0.2, -0.15) is 0 Å². The van der Waals surface area contributed by atoms with Crippen molar-refractivity contribution < 1.29 is 26.9 Å². The topological polar surface area (TPSA) is 90.0 Å². The molecule has 7 nitrogen and oxygen atoms in total. The molecule has 1 saturated heterocycles. The molecule has 0 saturated carbocycles. The summed E-state index contributed by atoms with van der Waals surface area (Å²) in [7, 11) is -3.20. The van der Waals surface area contributed by atoms with Crippen LogP contribution in [0.15, 0.2) is 24.3 Å². The number of hydrogen-bond donors (Lipinski definition) is 0. The van der Waals surface area contributed by atoms with Gasteiger partial charge in [0.15, 0.2) is 21.3 Å². The summed E-state index contributed by atoms with van der Waals surface area (Å²) < 4.78 is 45.4. The summed E-state index contributed by atoms with van der Waals surface area (Å²) in [6, 6.07) is 7.00. The highest BCUT2D eigenvalue weighted by Gasteiger charge is 2.36. The number of carbonyl (C=O) groups excluding carboxylic acids is 1. The number of amides is 1. The second-order valence-corrected chi connectivity index (χ2v) is 9.01. The zero-order valence-electron chi connectivity index (χ0n) is 12.9. The minimum atomic E-state index is -3.43. The van der Waals surface area contributed by atoms with Crippen molar-refractivity contribution in [3.63, 3.8) is 0 Å². The number of ether oxygens (including phenoxy) is 2. The number of hydrogen-bond acceptors (Lipinski definition) is 6. The van der Waals surface area contributed by atoms with E-state index in [2.05, 4.69) is 0 Å². The summed E-state index contributed by atoms with van der Waals surface area (Å²) >= 11 is 0. The Morgan fingerprint density at radius 2 is 2.00 bits per heavy atom. The fourth-order valence-electron chi connectivity index (χ4n) is 2.27. The van der Waals surface area contributed by atoms with Gasteiger partial charge >= 0.3 is 0 Å². The third-order valence-electron chi connectivity index (χ3n) is 3.34. The van der Waals surface area contributed by atoms with Crippen molar-refractivity contribution >= 4 is 26.5 Å². The Bertz CT molecular complexity index is 703. The maximum atomic E-state index is 12.1. The zero-order chi connectivity index (χ0) is 17.0. The summed E-state index contributed by atoms with van der Waals surface area (Å²) in [6.45, 7) is 0.281. The Morgan fingerprint density at radius 3 is 2.61 bits per heavy atom. The average molecular weight is 361 g/mol. The molecule has 1 fully saturated rings. The summed E-state index contributed by atoms with van der Waals surface area (Å²) in [5.74, 6) is 0.192. The van der Waals surface area contributed by atoms with Crippen LogP contribution in [0.2, 0.25) is 0 Å². The molecule has 2 unspecified atom stereocenters. The summed E-state index contributed by atoms with van der Waals surface area (Å²) in [4.78, 5) is 13.4. The van der Waals surface area contributed by atoms with Gasteiger partial charge in [0.1, 0.15) is 17.7 Å². The number of para-hydroxylation sites is 2. The molecule has 0 N–H and O–H groups in total. The molecule has 1 aliphatic heterocycles. The minimum absolute atomic E-state index is 0.0164. The van der Waals surface area contributed by atoms with Gasteiger partial charge in [-0.25, -0.2) is 8.42 Å². The maximum Gasteiger partial charge on any atom is 0.238 e. The molecule has 23 heavy (non-hydrogen) atoms. The van der Waals surface area contributed by atoms with Crippen molar-refractivity contribution in [1.29, 1.82) is 0 Å². The van der Waals surface area contributed by atoms with E-state index in [1.165, 1.54) is 12.0 Å². The SMILES string of the molecule is COc1ccccc1OCC1N(C(=O)CS(C)(=O)=O)CCS1=O. The smallest absolute Gasteiger partial charge is 0.238 e. The quantitative estimate of drug-likeness (QED) is 0.710. The number of benzene rings is 1. The molecule has 2 atom stereocenters. The van der Waals surface area contributed by atoms with Gasteiger partial charge in [-0.05, 0) is 12.1 Å². The number of rotatable bonds is 6. The zero-order valence-corrected chi connectivity index (χ0v) is 14.6. The molecular weight excluding hydrogens is 342 g/mol. The number of methoxy groups -OCH3 is 1. The van der Waals surface area contributed by atoms with E-state index >= 15 is 0 Å². The minimum Gasteiger partial charge on any atom is -0.493 e. The molecule has 0 bridgehead atoms. The third-order valence-corrected chi connectivity index (χ3v) is 5.69. The average Bonchev–Trinajstić information content (AvgIpc) is 2.85. The monoisotopic (exact) mass is 361 g/mol. The van der Waals surface area contributed by atoms with E-state index in [0.29, 0.717) is 17.3 Å². The lowest BCUT2D eigenvalue weighted by Crippen LogP contribution is -2.43. The van der Waals surface area contributed by atoms with Gasteiger partial charge in [0.25, 0.3) is 0 Å². The Hall–Kier alpha value is -1.61. The first-order chi connectivity index (χ1) is 10.8. The van der Waals surface area contributed by atoms with Crippen molar-refractivity contribution in [2.45, 2.75) is 5.37 Å². The Labute approximate surface area is 137 Å². The standard InChI is InChI=1S/C14H19NO6S2/c1-20-11-5-3-4-6-12(11)21-9-14-15(7-8-22(14)17)13(16)10-23(2,18)19/h3-6,14H,7-10H2,1-2H3. The molecule has 1 aromatic carbocycles. The summed E-state index contributed by atoms with van der Waals surface area (Å²) in [6.07, 6.45) is 0.998. The first kappa shape index (κ1) is 17.7. The molecular formula is C14H19NO6S2. The van der Waals surface area contributed by atoms with Gasteiger partial charge in [0.05, 0.1) is 7.11 Å². The van der Waals surface area contributed by atoms with E-state index in [-0.39, 0.29) is 13.2 Å². The highest BCUT2D eigenvalue weighted by atomic mass is 32.2. The van der Waals surface area contributed by atoms with Gasteiger partial charge in [-0.3, -0.25) is 9.00 Å². The second-order valence-electron chi connectivity index (χ2n) is 5.16. The molecule has 0 aromatic heterocycles. The predicted octanol–water partition coefficient (Wildman–Crippen LogP) is 0.0356. The van der Waals surface area contributed by atoms with E-state index < -0.39 is 37.7 Å². The molecule has 0 aliphatic carbocycles. The van der Waals surface area contributed by atoms with Crippen molar-refractivity contribution in [3.8, 4) is 11.5 Å². The van der Waals surface area contributed by atoms with Crippen LogP contribution in [0.5, 0.6) is 11.5 Å². The van der Waals surface area contributed by atoms with Gasteiger partial charge < -0.3 is 14.4 Å². The molecule has 2 rings (SSSR count). The van der Waals surface area contributed by atoms with Crippen molar-refractivity contribution in [3.05, 3.63) is 24.3 Å². The maximum absolute atomic E-state index is 12.1. The molecule has 1 heterocycles. The largest absolute Gasteiger partial charge is 0.493 e. The molecule has 128 valence electrons. The van der Waals surface area contributed by atoms with Gasteiger partial charge in [0.2, 0.25) is 5.91 Å². The van der Waals surface area contributed by atoms with Crippen LogP contribution in [0.1, 0.15) is 0 Å². The molecule has 9 heteroatoms. The Balaban J connectivity index is 2.07. The summed E-state index contributed by atoms with van der Waals surface area (Å²) in [5, 5.41) is -0.658. The summed E-state index contributed by atoms with van der Waals surface area (Å²) in [5.41, 5.74) is 0. The fourth-order valence-corrected chi connectivity index (χ4v) is 4.26. The predicted molar refractivity (Wildman–Crippen MR) is 86.7 cm³/mol. The highest BCUT2D eigenvalue weighted by molar-refractivity contribution is 7.91. The van der Waals surface area contributed by atoms with Crippen LogP contribution in [-0.4, -0.2) is 66.8 Å². The number of nitrogens with zero attached hydrogens (tertiary/aromatic N) is 1. The van der Waals surface area contributed by atoms with Crippen LogP contribution in [-0.2, 0) is 25.4 Å². The van der Waals surface area contributed by atoms with E-state index in [4.69, 9.17) is 9.47 Å². The lowest BCUT2D eigenvalue weighted by atomic mass is 10.3. The van der Waals surface area contributed by atoms with Crippen molar-refractivity contribution in [2.24, 2.45) is 0 Å². The lowest BCUT2D eigenvalue weighted by molar-refractivity contribution is -0.128. The lowest BCUT2D eigenvalue weighted by Gasteiger charge is -2.23. The fraction of sp³-hybridized carbons (Fsp3) is 0.500. The van der Waals surface area contributed by atoms with Gasteiger partial charge in [-0.15, -0.1) is 0 Å². The van der Waals surface area contributed by atoms with Crippen LogP contribution >= 0.6 is 0 Å². The van der Waals surface area contributed by atoms with E-state index in [9.17, 15) is 17.4 Å². The normalized spacial score (nSPS) is 21.2. The number of carbonyl (C=O) groups is 1. The third kappa shape index (κ3) is 4.68. The van der Waals surface area contributed by atoms with E-state index in [1.54, 1.807) is 24.3 Å². The molecule has 0 radical (unpaired) electrons. The van der Waals surface area contributed by atoms with Crippen LogP contribution in [0.25, 0.3) is 0 Å². The van der Waals surface area contributed by atoms with Crippen molar-refractivity contribution in [2.75, 3.05) is 38.0 Å². The molecule has 1 aliphatic rings. The first-order valence-corrected chi connectivity index (χ1v) is 10.4. The van der Waals surface area contributed by atoms with E-state index in [0.717, 1.165) is 6.26 Å². The van der Waals surface area contributed by atoms with Crippen molar-refractivity contribution in [1.82, 2.24) is 4.90 Å². The first-order valence-electron chi connectivity index (χ1n) is 6.92. The van der Waals surface area contributed by atoms with Crippen LogP contribution < -0.4 is 9.47 Å². The Kier molecular flexibility index (Phi) is 5.64. The molecule has 0 spiro atoms. The highest BCUT2D eigenvalue weighted by Crippen LogP contribution is 2.27. The van der Waals surface area contributed by atoms with Gasteiger partial charge in [-0.1, -0.05) is 12.1 Å². The van der Waals surface area contributed by atoms with Gasteiger partial charge in [0, 0.05) is 29.4 Å². The number of sulfone groups is 1. The van der Waals surface area contributed by atoms with E-state index in [1.807, 2.05) is 0 Å². The van der Waals surface area contributed by atoms with Crippen LogP contribution in [0.4, 0.5) is 0 Å². The second kappa shape index (κ2) is 7.31. The Morgan fingerprint density at radius 1 is 1.35 bits per heavy atom. The molecule has 1 aromatic rings. The van der Waals surface area contributed by atoms with Crippen LogP contribution in [0.3, 0.4) is 0 Å². The molecule has 1 amide bonds. The van der Waals surface area contributed by atoms with Crippen LogP contribution in [0, 0.1) is 0 Å².